The van der Waals surface area contributed by atoms with Gasteiger partial charge in [-0.15, -0.1) is 12.4 Å². The van der Waals surface area contributed by atoms with Crippen LogP contribution in [0.15, 0.2) is 18.2 Å². The number of likely N-dealkylation sites (tertiary alicyclic amines) is 2. The van der Waals surface area contributed by atoms with Crippen molar-refractivity contribution >= 4 is 18.3 Å². The van der Waals surface area contributed by atoms with E-state index in [0.717, 1.165) is 45.3 Å². The lowest BCUT2D eigenvalue weighted by atomic mass is 10.1. The van der Waals surface area contributed by atoms with Crippen LogP contribution in [0.1, 0.15) is 55.3 Å². The fraction of sp³-hybridized carbons (Fsp3) is 0.650. The molecule has 0 spiro atoms. The fourth-order valence-electron chi connectivity index (χ4n) is 3.69. The van der Waals surface area contributed by atoms with E-state index in [1.165, 1.54) is 38.4 Å². The topological polar surface area (TPSA) is 32.8 Å². The van der Waals surface area contributed by atoms with Crippen molar-refractivity contribution in [2.45, 2.75) is 44.9 Å². The van der Waals surface area contributed by atoms with Crippen molar-refractivity contribution in [3.05, 3.63) is 29.6 Å². The number of amides is 1. The predicted molar refractivity (Wildman–Crippen MR) is 104 cm³/mol. The van der Waals surface area contributed by atoms with Gasteiger partial charge in [-0.1, -0.05) is 6.42 Å². The molecule has 2 heterocycles. The Hall–Kier alpha value is -1.33. The van der Waals surface area contributed by atoms with Crippen LogP contribution in [0.3, 0.4) is 0 Å². The minimum atomic E-state index is -0.482. The Morgan fingerprint density at radius 3 is 2.31 bits per heavy atom. The summed E-state index contributed by atoms with van der Waals surface area (Å²) in [5.41, 5.74) is 0.155. The standard InChI is InChI=1S/C20H29FN2O2.ClH/c21-19-16-17(25-15-7-12-22-10-3-1-4-11-22)8-9-18(19)20(24)23-13-5-2-6-14-23;/h8-9,16H,1-7,10-15H2;1H. The SMILES string of the molecule is Cl.O=C(c1ccc(OCCCN2CCCCC2)cc1F)N1CCCCC1. The number of halogens is 2. The number of hydrogen-bond donors (Lipinski definition) is 0. The molecule has 0 aliphatic carbocycles. The van der Waals surface area contributed by atoms with Crippen LogP contribution in [-0.4, -0.2) is 55.0 Å². The third-order valence-electron chi connectivity index (χ3n) is 5.15. The molecule has 2 saturated heterocycles. The Morgan fingerprint density at radius 2 is 1.65 bits per heavy atom. The van der Waals surface area contributed by atoms with Gasteiger partial charge < -0.3 is 14.5 Å². The molecule has 26 heavy (non-hydrogen) atoms. The van der Waals surface area contributed by atoms with Crippen molar-refractivity contribution in [3.63, 3.8) is 0 Å². The maximum Gasteiger partial charge on any atom is 0.256 e. The van der Waals surface area contributed by atoms with E-state index >= 15 is 0 Å². The Morgan fingerprint density at radius 1 is 1.00 bits per heavy atom. The maximum absolute atomic E-state index is 14.3. The zero-order valence-electron chi connectivity index (χ0n) is 15.4. The van der Waals surface area contributed by atoms with E-state index in [-0.39, 0.29) is 23.9 Å². The molecule has 1 aromatic rings. The van der Waals surface area contributed by atoms with Gasteiger partial charge in [0.2, 0.25) is 0 Å². The maximum atomic E-state index is 14.3. The van der Waals surface area contributed by atoms with Gasteiger partial charge in [-0.3, -0.25) is 4.79 Å². The third-order valence-corrected chi connectivity index (χ3v) is 5.15. The third kappa shape index (κ3) is 5.85. The zero-order valence-corrected chi connectivity index (χ0v) is 16.2. The van der Waals surface area contributed by atoms with Crippen LogP contribution >= 0.6 is 12.4 Å². The fourth-order valence-corrected chi connectivity index (χ4v) is 3.69. The van der Waals surface area contributed by atoms with Crippen LogP contribution < -0.4 is 4.74 Å². The smallest absolute Gasteiger partial charge is 0.256 e. The lowest BCUT2D eigenvalue weighted by molar-refractivity contribution is 0.0719. The summed E-state index contributed by atoms with van der Waals surface area (Å²) in [5, 5.41) is 0. The van der Waals surface area contributed by atoms with E-state index in [9.17, 15) is 9.18 Å². The van der Waals surface area contributed by atoms with Crippen molar-refractivity contribution in [2.75, 3.05) is 39.3 Å². The van der Waals surface area contributed by atoms with E-state index in [4.69, 9.17) is 4.74 Å². The number of carbonyl (C=O) groups excluding carboxylic acids is 1. The molecule has 2 fully saturated rings. The van der Waals surface area contributed by atoms with Gasteiger partial charge in [0.15, 0.2) is 0 Å². The second-order valence-electron chi connectivity index (χ2n) is 7.10. The molecule has 146 valence electrons. The van der Waals surface area contributed by atoms with Crippen molar-refractivity contribution < 1.29 is 13.9 Å². The summed E-state index contributed by atoms with van der Waals surface area (Å²) in [4.78, 5) is 16.6. The lowest BCUT2D eigenvalue weighted by Gasteiger charge is -2.27. The first-order valence-corrected chi connectivity index (χ1v) is 9.68. The Labute approximate surface area is 162 Å². The molecular weight excluding hydrogens is 355 g/mol. The van der Waals surface area contributed by atoms with E-state index in [1.807, 2.05) is 0 Å². The van der Waals surface area contributed by atoms with Gasteiger partial charge in [-0.2, -0.15) is 0 Å². The number of nitrogens with zero attached hydrogens (tertiary/aromatic N) is 2. The van der Waals surface area contributed by atoms with Crippen LogP contribution in [0.5, 0.6) is 5.75 Å². The molecule has 6 heteroatoms. The largest absolute Gasteiger partial charge is 0.493 e. The highest BCUT2D eigenvalue weighted by atomic mass is 35.5. The summed E-state index contributed by atoms with van der Waals surface area (Å²) >= 11 is 0. The van der Waals surface area contributed by atoms with Crippen molar-refractivity contribution in [1.29, 1.82) is 0 Å². The molecular formula is C20H30ClFN2O2. The average Bonchev–Trinajstić information content (AvgIpc) is 2.66. The number of carbonyl (C=O) groups is 1. The normalized spacial score (nSPS) is 18.3. The van der Waals surface area contributed by atoms with Crippen LogP contribution in [0.2, 0.25) is 0 Å². The molecule has 2 aliphatic rings. The van der Waals surface area contributed by atoms with Gasteiger partial charge in [0.1, 0.15) is 11.6 Å². The second-order valence-corrected chi connectivity index (χ2v) is 7.10. The van der Waals surface area contributed by atoms with Crippen molar-refractivity contribution in [3.8, 4) is 5.75 Å². The molecule has 0 saturated carbocycles. The number of ether oxygens (including phenoxy) is 1. The van der Waals surface area contributed by atoms with E-state index in [2.05, 4.69) is 4.90 Å². The summed E-state index contributed by atoms with van der Waals surface area (Å²) < 4.78 is 20.0. The van der Waals surface area contributed by atoms with Gasteiger partial charge in [0.05, 0.1) is 12.2 Å². The van der Waals surface area contributed by atoms with Crippen molar-refractivity contribution in [2.24, 2.45) is 0 Å². The highest BCUT2D eigenvalue weighted by Crippen LogP contribution is 2.20. The first kappa shape index (κ1) is 21.0. The Kier molecular flexibility index (Phi) is 8.66. The molecule has 0 unspecified atom stereocenters. The van der Waals surface area contributed by atoms with Gasteiger partial charge in [0, 0.05) is 25.7 Å². The molecule has 3 rings (SSSR count). The van der Waals surface area contributed by atoms with Gasteiger partial charge >= 0.3 is 0 Å². The number of hydrogen-bond acceptors (Lipinski definition) is 3. The van der Waals surface area contributed by atoms with E-state index < -0.39 is 5.82 Å². The zero-order chi connectivity index (χ0) is 17.5. The van der Waals surface area contributed by atoms with Gasteiger partial charge in [-0.25, -0.2) is 4.39 Å². The summed E-state index contributed by atoms with van der Waals surface area (Å²) in [5.74, 6) is -0.177. The lowest BCUT2D eigenvalue weighted by Crippen LogP contribution is -2.36. The first-order chi connectivity index (χ1) is 12.2. The van der Waals surface area contributed by atoms with Crippen LogP contribution in [-0.2, 0) is 0 Å². The minimum absolute atomic E-state index is 0. The number of piperidine rings is 2. The van der Waals surface area contributed by atoms with Gasteiger partial charge in [-0.05, 0) is 63.7 Å². The summed E-state index contributed by atoms with van der Waals surface area (Å²) in [6.07, 6.45) is 8.02. The molecule has 2 aliphatic heterocycles. The minimum Gasteiger partial charge on any atom is -0.493 e. The predicted octanol–water partition coefficient (Wildman–Crippen LogP) is 4.13. The Bertz CT molecular complexity index is 573. The summed E-state index contributed by atoms with van der Waals surface area (Å²) in [7, 11) is 0. The molecule has 0 N–H and O–H groups in total. The molecule has 1 amide bonds. The highest BCUT2D eigenvalue weighted by molar-refractivity contribution is 5.94. The second kappa shape index (κ2) is 10.7. The van der Waals surface area contributed by atoms with Crippen LogP contribution in [0, 0.1) is 5.82 Å². The molecule has 0 bridgehead atoms. The van der Waals surface area contributed by atoms with Crippen LogP contribution in [0.4, 0.5) is 4.39 Å². The highest BCUT2D eigenvalue weighted by Gasteiger charge is 2.21. The quantitative estimate of drug-likeness (QED) is 0.691. The molecule has 0 atom stereocenters. The van der Waals surface area contributed by atoms with Gasteiger partial charge in [0.25, 0.3) is 5.91 Å². The molecule has 4 nitrogen and oxygen atoms in total. The van der Waals surface area contributed by atoms with E-state index in [1.54, 1.807) is 17.0 Å². The Balaban J connectivity index is 0.00000243. The monoisotopic (exact) mass is 384 g/mol. The first-order valence-electron chi connectivity index (χ1n) is 9.68. The summed E-state index contributed by atoms with van der Waals surface area (Å²) in [6.45, 7) is 5.44. The number of benzene rings is 1. The molecule has 0 aromatic heterocycles. The van der Waals surface area contributed by atoms with E-state index in [0.29, 0.717) is 12.4 Å². The van der Waals surface area contributed by atoms with Crippen molar-refractivity contribution in [1.82, 2.24) is 9.80 Å². The average molecular weight is 385 g/mol. The van der Waals surface area contributed by atoms with Crippen LogP contribution in [0.25, 0.3) is 0 Å². The summed E-state index contributed by atoms with van der Waals surface area (Å²) in [6, 6.07) is 4.62. The molecule has 0 radical (unpaired) electrons. The number of rotatable bonds is 6. The molecule has 1 aromatic carbocycles.